The van der Waals surface area contributed by atoms with Crippen LogP contribution in [0.2, 0.25) is 0 Å². The first-order valence-electron chi connectivity index (χ1n) is 5.62. The summed E-state index contributed by atoms with van der Waals surface area (Å²) in [4.78, 5) is 13.8. The SMILES string of the molecule is Cc1ccc(N(C)C(=O)C2(CO)COC2)cc1. The molecular weight excluding hydrogens is 218 g/mol. The number of anilines is 1. The van der Waals surface area contributed by atoms with Gasteiger partial charge in [0.2, 0.25) is 5.91 Å². The molecule has 1 aliphatic heterocycles. The molecule has 1 heterocycles. The normalized spacial score (nSPS) is 17.4. The largest absolute Gasteiger partial charge is 0.395 e. The van der Waals surface area contributed by atoms with Crippen LogP contribution in [0.4, 0.5) is 5.69 Å². The van der Waals surface area contributed by atoms with Gasteiger partial charge in [-0.05, 0) is 19.1 Å². The smallest absolute Gasteiger partial charge is 0.239 e. The lowest BCUT2D eigenvalue weighted by Gasteiger charge is -2.40. The molecule has 1 aromatic carbocycles. The minimum Gasteiger partial charge on any atom is -0.395 e. The van der Waals surface area contributed by atoms with E-state index in [1.165, 1.54) is 0 Å². The Hall–Kier alpha value is -1.39. The maximum absolute atomic E-state index is 12.2. The maximum atomic E-state index is 12.2. The summed E-state index contributed by atoms with van der Waals surface area (Å²) in [7, 11) is 1.72. The van der Waals surface area contributed by atoms with Crippen LogP contribution in [-0.2, 0) is 9.53 Å². The molecule has 1 amide bonds. The molecule has 2 rings (SSSR count). The third-order valence-electron chi connectivity index (χ3n) is 3.24. The van der Waals surface area contributed by atoms with E-state index in [1.807, 2.05) is 31.2 Å². The van der Waals surface area contributed by atoms with Crippen molar-refractivity contribution < 1.29 is 14.6 Å². The van der Waals surface area contributed by atoms with Crippen LogP contribution in [0, 0.1) is 12.3 Å². The van der Waals surface area contributed by atoms with Gasteiger partial charge in [0.25, 0.3) is 0 Å². The summed E-state index contributed by atoms with van der Waals surface area (Å²) in [6.07, 6.45) is 0. The Kier molecular flexibility index (Phi) is 3.17. The van der Waals surface area contributed by atoms with Crippen molar-refractivity contribution >= 4 is 11.6 Å². The molecule has 4 heteroatoms. The predicted octanol–water partition coefficient (Wildman–Crippen LogP) is 0.967. The predicted molar refractivity (Wildman–Crippen MR) is 64.9 cm³/mol. The standard InChI is InChI=1S/C13H17NO3/c1-10-3-5-11(6-4-10)14(2)12(16)13(7-15)8-17-9-13/h3-6,15H,7-9H2,1-2H3. The van der Waals surface area contributed by atoms with Crippen LogP contribution >= 0.6 is 0 Å². The van der Waals surface area contributed by atoms with Crippen LogP contribution in [-0.4, -0.2) is 37.9 Å². The quantitative estimate of drug-likeness (QED) is 0.849. The van der Waals surface area contributed by atoms with E-state index in [-0.39, 0.29) is 12.5 Å². The molecule has 1 fully saturated rings. The minimum atomic E-state index is -0.736. The second kappa shape index (κ2) is 4.47. The van der Waals surface area contributed by atoms with E-state index in [0.29, 0.717) is 13.2 Å². The first-order valence-corrected chi connectivity index (χ1v) is 5.62. The lowest BCUT2D eigenvalue weighted by atomic mass is 9.85. The zero-order valence-corrected chi connectivity index (χ0v) is 10.1. The summed E-state index contributed by atoms with van der Waals surface area (Å²) in [6, 6.07) is 7.72. The highest BCUT2D eigenvalue weighted by atomic mass is 16.5. The minimum absolute atomic E-state index is 0.0879. The van der Waals surface area contributed by atoms with Crippen LogP contribution < -0.4 is 4.90 Å². The second-order valence-corrected chi connectivity index (χ2v) is 4.63. The summed E-state index contributed by atoms with van der Waals surface area (Å²) >= 11 is 0. The van der Waals surface area contributed by atoms with Crippen molar-refractivity contribution in [2.45, 2.75) is 6.92 Å². The number of hydrogen-bond acceptors (Lipinski definition) is 3. The number of benzene rings is 1. The summed E-state index contributed by atoms with van der Waals surface area (Å²) in [6.45, 7) is 2.44. The van der Waals surface area contributed by atoms with Crippen LogP contribution in [0.1, 0.15) is 5.56 Å². The molecule has 0 radical (unpaired) electrons. The van der Waals surface area contributed by atoms with Gasteiger partial charge in [-0.2, -0.15) is 0 Å². The second-order valence-electron chi connectivity index (χ2n) is 4.63. The first kappa shape index (κ1) is 12.1. The number of carbonyl (C=O) groups excluding carboxylic acids is 1. The highest BCUT2D eigenvalue weighted by molar-refractivity contribution is 5.98. The topological polar surface area (TPSA) is 49.8 Å². The summed E-state index contributed by atoms with van der Waals surface area (Å²) in [5.41, 5.74) is 1.25. The number of aliphatic hydroxyl groups excluding tert-OH is 1. The van der Waals surface area contributed by atoms with Crippen molar-refractivity contribution in [3.8, 4) is 0 Å². The van der Waals surface area contributed by atoms with Crippen LogP contribution in [0.5, 0.6) is 0 Å². The number of aryl methyl sites for hydroxylation is 1. The Morgan fingerprint density at radius 3 is 2.41 bits per heavy atom. The number of rotatable bonds is 3. The van der Waals surface area contributed by atoms with E-state index >= 15 is 0 Å². The molecule has 0 saturated carbocycles. The van der Waals surface area contributed by atoms with Gasteiger partial charge in [-0.25, -0.2) is 0 Å². The summed E-state index contributed by atoms with van der Waals surface area (Å²) < 4.78 is 5.05. The monoisotopic (exact) mass is 235 g/mol. The van der Waals surface area contributed by atoms with E-state index in [0.717, 1.165) is 11.3 Å². The lowest BCUT2D eigenvalue weighted by Crippen LogP contribution is -2.56. The molecule has 0 aliphatic carbocycles. The van der Waals surface area contributed by atoms with Crippen LogP contribution in [0.15, 0.2) is 24.3 Å². The van der Waals surface area contributed by atoms with E-state index < -0.39 is 5.41 Å². The molecule has 1 saturated heterocycles. The highest BCUT2D eigenvalue weighted by Gasteiger charge is 2.47. The number of amides is 1. The van der Waals surface area contributed by atoms with Gasteiger partial charge in [0.1, 0.15) is 5.41 Å². The molecule has 92 valence electrons. The van der Waals surface area contributed by atoms with Crippen LogP contribution in [0.3, 0.4) is 0 Å². The van der Waals surface area contributed by atoms with Gasteiger partial charge in [-0.1, -0.05) is 17.7 Å². The third-order valence-corrected chi connectivity index (χ3v) is 3.24. The van der Waals surface area contributed by atoms with Gasteiger partial charge in [0.05, 0.1) is 19.8 Å². The van der Waals surface area contributed by atoms with Crippen molar-refractivity contribution in [3.63, 3.8) is 0 Å². The summed E-state index contributed by atoms with van der Waals surface area (Å²) in [5.74, 6) is -0.0879. The Bertz CT molecular complexity index is 404. The molecule has 0 spiro atoms. The average molecular weight is 235 g/mol. The number of nitrogens with zero attached hydrogens (tertiary/aromatic N) is 1. The van der Waals surface area contributed by atoms with E-state index in [4.69, 9.17) is 4.74 Å². The number of hydrogen-bond donors (Lipinski definition) is 1. The molecule has 1 aromatic rings. The Morgan fingerprint density at radius 2 is 2.00 bits per heavy atom. The third kappa shape index (κ3) is 2.06. The zero-order valence-electron chi connectivity index (χ0n) is 10.1. The van der Waals surface area contributed by atoms with Gasteiger partial charge < -0.3 is 14.7 Å². The van der Waals surface area contributed by atoms with Crippen LogP contribution in [0.25, 0.3) is 0 Å². The molecule has 0 bridgehead atoms. The highest BCUT2D eigenvalue weighted by Crippen LogP contribution is 2.30. The van der Waals surface area contributed by atoms with Crippen molar-refractivity contribution in [2.24, 2.45) is 5.41 Å². The van der Waals surface area contributed by atoms with Gasteiger partial charge in [0.15, 0.2) is 0 Å². The van der Waals surface area contributed by atoms with E-state index in [1.54, 1.807) is 11.9 Å². The van der Waals surface area contributed by atoms with Crippen molar-refractivity contribution in [1.82, 2.24) is 0 Å². The van der Waals surface area contributed by atoms with E-state index in [2.05, 4.69) is 0 Å². The fourth-order valence-corrected chi connectivity index (χ4v) is 1.87. The van der Waals surface area contributed by atoms with E-state index in [9.17, 15) is 9.90 Å². The molecular formula is C13H17NO3. The molecule has 17 heavy (non-hydrogen) atoms. The van der Waals surface area contributed by atoms with Crippen molar-refractivity contribution in [3.05, 3.63) is 29.8 Å². The van der Waals surface area contributed by atoms with Crippen molar-refractivity contribution in [1.29, 1.82) is 0 Å². The fourth-order valence-electron chi connectivity index (χ4n) is 1.87. The lowest BCUT2D eigenvalue weighted by molar-refractivity contribution is -0.166. The summed E-state index contributed by atoms with van der Waals surface area (Å²) in [5, 5.41) is 9.32. The zero-order chi connectivity index (χ0) is 12.5. The molecule has 0 aromatic heterocycles. The number of ether oxygens (including phenoxy) is 1. The number of carbonyl (C=O) groups is 1. The Morgan fingerprint density at radius 1 is 1.41 bits per heavy atom. The molecule has 4 nitrogen and oxygen atoms in total. The van der Waals surface area contributed by atoms with Gasteiger partial charge in [0, 0.05) is 12.7 Å². The van der Waals surface area contributed by atoms with Gasteiger partial charge >= 0.3 is 0 Å². The number of aliphatic hydroxyl groups is 1. The molecule has 1 N–H and O–H groups in total. The molecule has 0 unspecified atom stereocenters. The molecule has 1 aliphatic rings. The first-order chi connectivity index (χ1) is 8.09. The average Bonchev–Trinajstić information content (AvgIpc) is 2.28. The maximum Gasteiger partial charge on any atom is 0.239 e. The Labute approximate surface area is 101 Å². The Balaban J connectivity index is 2.17. The van der Waals surface area contributed by atoms with Gasteiger partial charge in [-0.3, -0.25) is 4.79 Å². The van der Waals surface area contributed by atoms with Crippen molar-refractivity contribution in [2.75, 3.05) is 31.8 Å². The fraction of sp³-hybridized carbons (Fsp3) is 0.462. The molecule has 0 atom stereocenters. The van der Waals surface area contributed by atoms with Gasteiger partial charge in [-0.15, -0.1) is 0 Å².